The Hall–Kier alpha value is -12.6. The number of carboxylic acids is 1. The number of carbonyl (C=O) groups is 4. The lowest BCUT2D eigenvalue weighted by atomic mass is 9.95. The van der Waals surface area contributed by atoms with Gasteiger partial charge in [-0.1, -0.05) is 109 Å². The maximum Gasteiger partial charge on any atom is 0.337 e. The average molecular weight is 1250 g/mol. The van der Waals surface area contributed by atoms with Gasteiger partial charge in [-0.05, 0) is 107 Å². The van der Waals surface area contributed by atoms with Crippen molar-refractivity contribution in [3.05, 3.63) is 253 Å². The van der Waals surface area contributed by atoms with Crippen LogP contribution in [-0.4, -0.2) is 88.4 Å². The van der Waals surface area contributed by atoms with Gasteiger partial charge in [-0.2, -0.15) is 15.8 Å². The van der Waals surface area contributed by atoms with Gasteiger partial charge in [0.05, 0.1) is 143 Å². The third-order valence-corrected chi connectivity index (χ3v) is 12.0. The first-order chi connectivity index (χ1) is 44.6. The summed E-state index contributed by atoms with van der Waals surface area (Å²) in [4.78, 5) is 53.9. The number of benzene rings is 3. The van der Waals surface area contributed by atoms with Crippen molar-refractivity contribution in [2.45, 2.75) is 67.7 Å². The van der Waals surface area contributed by atoms with Crippen LogP contribution in [0.3, 0.4) is 0 Å². The summed E-state index contributed by atoms with van der Waals surface area (Å²) in [5, 5.41) is 80.2. The molecule has 1 saturated carbocycles. The van der Waals surface area contributed by atoms with Crippen molar-refractivity contribution >= 4 is 40.6 Å². The molecule has 0 amide bonds. The number of carbonyl (C=O) groups excluding carboxylic acids is 3. The minimum absolute atomic E-state index is 0.0417. The van der Waals surface area contributed by atoms with Crippen molar-refractivity contribution in [2.75, 3.05) is 54.5 Å². The fourth-order valence-corrected chi connectivity index (χ4v) is 7.17. The second-order valence-corrected chi connectivity index (χ2v) is 18.7. The molecule has 0 atom stereocenters. The Morgan fingerprint density at radius 3 is 1.29 bits per heavy atom. The van der Waals surface area contributed by atoms with E-state index in [9.17, 15) is 50.6 Å². The van der Waals surface area contributed by atoms with Gasteiger partial charge in [0.2, 0.25) is 0 Å². The number of rotatable bonds is 18. The van der Waals surface area contributed by atoms with Crippen LogP contribution >= 0.6 is 0 Å². The van der Waals surface area contributed by atoms with E-state index >= 15 is 0 Å². The molecule has 0 aromatic heterocycles. The highest BCUT2D eigenvalue weighted by molar-refractivity contribution is 5.93. The van der Waals surface area contributed by atoms with Crippen molar-refractivity contribution in [1.29, 1.82) is 31.6 Å². The molecule has 93 heavy (non-hydrogen) atoms. The van der Waals surface area contributed by atoms with Crippen LogP contribution in [-0.2, 0) is 33.3 Å². The lowest BCUT2D eigenvalue weighted by Gasteiger charge is -2.17. The molecule has 22 heteroatoms. The molecule has 0 spiro atoms. The minimum Gasteiger partial charge on any atom is -0.564 e. The monoisotopic (exact) mass is 1250 g/mol. The molecule has 1 heterocycles. The molecule has 0 saturated heterocycles. The molecule has 0 radical (unpaired) electrons. The number of nitriles is 6. The molecule has 0 unspecified atom stereocenters. The van der Waals surface area contributed by atoms with Crippen LogP contribution in [0.25, 0.3) is 31.3 Å². The van der Waals surface area contributed by atoms with E-state index in [-0.39, 0.29) is 68.6 Å². The Bertz CT molecular complexity index is 3780. The van der Waals surface area contributed by atoms with Crippen molar-refractivity contribution in [1.82, 2.24) is 10.2 Å². The van der Waals surface area contributed by atoms with E-state index in [2.05, 4.69) is 45.4 Å². The van der Waals surface area contributed by atoms with Crippen LogP contribution in [0.2, 0.25) is 0 Å². The largest absolute Gasteiger partial charge is 0.564 e. The van der Waals surface area contributed by atoms with Gasteiger partial charge in [0.1, 0.15) is 0 Å². The quantitative estimate of drug-likeness (QED) is 0.0266. The molecular formula is C71H72N12O10. The van der Waals surface area contributed by atoms with Crippen LogP contribution in [0.15, 0.2) is 185 Å². The number of allylic oxidation sites excluding steroid dienone is 18. The first kappa shape index (κ1) is 80.4. The highest BCUT2D eigenvalue weighted by Crippen LogP contribution is 2.31. The first-order valence-electron chi connectivity index (χ1n) is 28.3. The van der Waals surface area contributed by atoms with Crippen molar-refractivity contribution in [2.24, 2.45) is 0 Å². The summed E-state index contributed by atoms with van der Waals surface area (Å²) in [7, 11) is 5.89. The van der Waals surface area contributed by atoms with Gasteiger partial charge in [0.25, 0.3) is 17.1 Å². The number of hydrogen-bond acceptors (Lipinski definition) is 17. The second-order valence-electron chi connectivity index (χ2n) is 18.7. The Morgan fingerprint density at radius 1 is 0.634 bits per heavy atom. The normalized spacial score (nSPS) is 13.2. The Kier molecular flexibility index (Phi) is 40.2. The Labute approximate surface area is 544 Å². The van der Waals surface area contributed by atoms with E-state index in [0.717, 1.165) is 11.1 Å². The summed E-state index contributed by atoms with van der Waals surface area (Å²) in [5.41, 5.74) is 4.09. The standard InChI is InChI=1S/C38H25N7O4.C17H13N3O.C6H15N.C4H6O3.C3H7NO2.C3H6/c1-25-13-15-26(16-14-25)35(31(23-41)43-2)29(21-39)9-6-7-12-34-45(4)33(38(47)49-34)11-8-10-30(22-40)36(32(24-42)44-3)27-17-19-28(20-18-27)37(46)48-5;1-13-6-8-14(9-7-13)17(16(12-19)20-2)15(11-18)5-4-10-21-3;1-4-7(5-2)6-3;1-3(5)7-4(2)6;1-4-2-3(5)6;1-2-3-1/h6-20,47H,1,4-5H3;4-10H,1,3H3;4-6H2,1-3H3;1-2H3;4H,2H2,1H3,(H,5,6);1-3H2/b7-6+,11-8+,29-9+,30-10+,34-12+,35-31+,36-32-;10-4+,15-5+,17-16+;;;;. The predicted octanol–water partition coefficient (Wildman–Crippen LogP) is 10.4. The summed E-state index contributed by atoms with van der Waals surface area (Å²) in [6.45, 7) is 38.7. The van der Waals surface area contributed by atoms with Gasteiger partial charge in [0, 0.05) is 37.6 Å². The maximum atomic E-state index is 12.7. The van der Waals surface area contributed by atoms with E-state index in [0.29, 0.717) is 22.3 Å². The number of hydrogen-bond donors (Lipinski definition) is 3. The smallest absolute Gasteiger partial charge is 0.337 e. The molecule has 3 N–H and O–H groups in total. The van der Waals surface area contributed by atoms with E-state index in [1.54, 1.807) is 55.4 Å². The fraction of sp³-hybridized carbons (Fsp3) is 0.254. The van der Waals surface area contributed by atoms with Crippen LogP contribution in [0, 0.1) is 102 Å². The summed E-state index contributed by atoms with van der Waals surface area (Å²) >= 11 is 0. The number of likely N-dealkylation sites (N-methyl/N-ethyl adjacent to an activating group) is 2. The number of carboxylic acid groups (broad SMARTS) is 1. The number of quaternary nitrogens is 1. The zero-order valence-corrected chi connectivity index (χ0v) is 53.7. The number of aryl methyl sites for hydroxylation is 2. The number of esters is 3. The molecule has 3 aromatic rings. The molecule has 476 valence electrons. The van der Waals surface area contributed by atoms with Crippen molar-refractivity contribution in [3.8, 4) is 36.4 Å². The number of ether oxygens (including phenoxy) is 4. The lowest BCUT2D eigenvalue weighted by molar-refractivity contribution is -0.894. The van der Waals surface area contributed by atoms with Crippen LogP contribution in [0.5, 0.6) is 0 Å². The highest BCUT2D eigenvalue weighted by Gasteiger charge is 2.19. The van der Waals surface area contributed by atoms with Gasteiger partial charge in [-0.15, -0.1) is 0 Å². The molecule has 1 aliphatic heterocycles. The minimum atomic E-state index is -0.822. The third kappa shape index (κ3) is 30.3. The number of nitrogens with one attached hydrogen (secondary N) is 2. The average Bonchev–Trinajstić information content (AvgIpc) is 1.83. The van der Waals surface area contributed by atoms with Gasteiger partial charge in [0.15, 0.2) is 0 Å². The topological polar surface area (TPSA) is 324 Å². The Balaban J connectivity index is 0.00000155. The second kappa shape index (κ2) is 46.6. The van der Waals surface area contributed by atoms with Gasteiger partial charge in [-0.3, -0.25) is 14.4 Å². The SMILES string of the molecule is C1CC1.CC(=O)OC(C)=O.CC[NH+](CC)CC.CNCC(=O)O.[C-]#[N+]/C(C#N)=C(/C(C#N)=C/C=C/OC)c1ccc(C)cc1.[C-]#[N+]\C(C#N)=C(/C(C#N)=C/C=C/C1=C([O-])O/C(=C/C=C/C=C(C#N)/C(=C(\C#N)[N+]#[C-])c2ccc(C)cc2)N1C)c1ccc(C(=O)OC)cc1. The van der Waals surface area contributed by atoms with Crippen molar-refractivity contribution in [3.63, 3.8) is 0 Å². The third-order valence-electron chi connectivity index (χ3n) is 12.0. The van der Waals surface area contributed by atoms with Crippen LogP contribution < -0.4 is 15.3 Å². The fourth-order valence-electron chi connectivity index (χ4n) is 7.17. The molecule has 5 rings (SSSR count). The molecule has 0 bridgehead atoms. The predicted molar refractivity (Wildman–Crippen MR) is 347 cm³/mol. The van der Waals surface area contributed by atoms with Gasteiger partial charge >= 0.3 is 23.9 Å². The number of aliphatic carboxylic acids is 1. The lowest BCUT2D eigenvalue weighted by Crippen LogP contribution is -3.11. The Morgan fingerprint density at radius 2 is 1.01 bits per heavy atom. The highest BCUT2D eigenvalue weighted by atomic mass is 16.6. The van der Waals surface area contributed by atoms with E-state index < -0.39 is 29.8 Å². The summed E-state index contributed by atoms with van der Waals surface area (Å²) in [6.07, 6.45) is 19.1. The van der Waals surface area contributed by atoms with Crippen molar-refractivity contribution < 1.29 is 53.2 Å². The maximum absolute atomic E-state index is 12.7. The van der Waals surface area contributed by atoms with E-state index in [1.807, 2.05) is 68.5 Å². The van der Waals surface area contributed by atoms with Crippen LogP contribution in [0.1, 0.15) is 92.1 Å². The molecule has 22 nitrogen and oxygen atoms in total. The van der Waals surface area contributed by atoms with Gasteiger partial charge in [-0.25, -0.2) is 35.1 Å². The van der Waals surface area contributed by atoms with E-state index in [4.69, 9.17) is 44.3 Å². The number of nitrogens with zero attached hydrogens (tertiary/aromatic N) is 10. The summed E-state index contributed by atoms with van der Waals surface area (Å²) in [5.74, 6) is -3.06. The molecular weight excluding hydrogens is 1180 g/mol. The van der Waals surface area contributed by atoms with E-state index in [1.165, 1.54) is 151 Å². The molecule has 3 aromatic carbocycles. The molecule has 1 aliphatic carbocycles. The summed E-state index contributed by atoms with van der Waals surface area (Å²) in [6, 6.07) is 31.8. The number of methoxy groups -OCH3 is 2. The summed E-state index contributed by atoms with van der Waals surface area (Å²) < 4.78 is 18.8. The molecule has 1 fully saturated rings. The van der Waals surface area contributed by atoms with Crippen LogP contribution in [0.4, 0.5) is 0 Å². The van der Waals surface area contributed by atoms with Gasteiger partial charge < -0.3 is 44.3 Å². The zero-order valence-electron chi connectivity index (χ0n) is 53.7. The first-order valence-corrected chi connectivity index (χ1v) is 28.3. The molecule has 2 aliphatic rings. The zero-order chi connectivity index (χ0) is 70.3.